The van der Waals surface area contributed by atoms with Gasteiger partial charge in [0.15, 0.2) is 12.1 Å². The molecule has 0 fully saturated rings. The molecule has 1 aromatic heterocycles. The summed E-state index contributed by atoms with van der Waals surface area (Å²) in [5, 5.41) is 0. The highest BCUT2D eigenvalue weighted by Crippen LogP contribution is 2.14. The predicted molar refractivity (Wildman–Crippen MR) is 43.7 cm³/mol. The SMILES string of the molecule is CC(C)c1cnc(C=O)c(F)c1. The molecule has 12 heavy (non-hydrogen) atoms. The zero-order valence-corrected chi connectivity index (χ0v) is 7.04. The van der Waals surface area contributed by atoms with Crippen LogP contribution in [0.5, 0.6) is 0 Å². The van der Waals surface area contributed by atoms with Gasteiger partial charge in [-0.3, -0.25) is 9.78 Å². The third-order valence-electron chi connectivity index (χ3n) is 1.67. The molecule has 3 heteroatoms. The van der Waals surface area contributed by atoms with Crippen LogP contribution in [0, 0.1) is 5.82 Å². The van der Waals surface area contributed by atoms with Crippen molar-refractivity contribution in [3.05, 3.63) is 29.3 Å². The number of pyridine rings is 1. The van der Waals surface area contributed by atoms with Crippen LogP contribution in [-0.2, 0) is 0 Å². The molecule has 0 saturated carbocycles. The van der Waals surface area contributed by atoms with Gasteiger partial charge in [-0.1, -0.05) is 13.8 Å². The number of rotatable bonds is 2. The molecule has 0 amide bonds. The molecule has 0 aliphatic rings. The monoisotopic (exact) mass is 167 g/mol. The van der Waals surface area contributed by atoms with Gasteiger partial charge in [0.2, 0.25) is 0 Å². The van der Waals surface area contributed by atoms with Gasteiger partial charge >= 0.3 is 0 Å². The van der Waals surface area contributed by atoms with Crippen LogP contribution in [0.3, 0.4) is 0 Å². The van der Waals surface area contributed by atoms with E-state index in [1.807, 2.05) is 13.8 Å². The number of aldehydes is 1. The highest BCUT2D eigenvalue weighted by atomic mass is 19.1. The van der Waals surface area contributed by atoms with Gasteiger partial charge in [-0.15, -0.1) is 0 Å². The lowest BCUT2D eigenvalue weighted by Crippen LogP contribution is -1.96. The summed E-state index contributed by atoms with van der Waals surface area (Å²) in [5.74, 6) is -0.316. The van der Waals surface area contributed by atoms with Crippen LogP contribution in [0.25, 0.3) is 0 Å². The predicted octanol–water partition coefficient (Wildman–Crippen LogP) is 2.16. The number of carbonyl (C=O) groups excluding carboxylic acids is 1. The fraction of sp³-hybridized carbons (Fsp3) is 0.333. The van der Waals surface area contributed by atoms with Crippen LogP contribution in [0.15, 0.2) is 12.3 Å². The summed E-state index contributed by atoms with van der Waals surface area (Å²) in [6.45, 7) is 3.88. The minimum atomic E-state index is -0.545. The summed E-state index contributed by atoms with van der Waals surface area (Å²) in [6.07, 6.45) is 1.94. The van der Waals surface area contributed by atoms with E-state index in [4.69, 9.17) is 0 Å². The normalized spacial score (nSPS) is 10.3. The Bertz CT molecular complexity index is 297. The number of carbonyl (C=O) groups is 1. The fourth-order valence-electron chi connectivity index (χ4n) is 0.866. The summed E-state index contributed by atoms with van der Waals surface area (Å²) >= 11 is 0. The van der Waals surface area contributed by atoms with Gasteiger partial charge in [-0.05, 0) is 17.5 Å². The molecule has 0 N–H and O–H groups in total. The van der Waals surface area contributed by atoms with Crippen LogP contribution in [0.1, 0.15) is 35.8 Å². The summed E-state index contributed by atoms with van der Waals surface area (Å²) < 4.78 is 12.9. The van der Waals surface area contributed by atoms with Crippen molar-refractivity contribution in [2.24, 2.45) is 0 Å². The molecule has 0 aliphatic carbocycles. The van der Waals surface area contributed by atoms with Crippen molar-refractivity contribution < 1.29 is 9.18 Å². The van der Waals surface area contributed by atoms with Gasteiger partial charge in [0.1, 0.15) is 5.69 Å². The standard InChI is InChI=1S/C9H10FNO/c1-6(2)7-3-8(10)9(5-12)11-4-7/h3-6H,1-2H3. The van der Waals surface area contributed by atoms with Gasteiger partial charge in [-0.2, -0.15) is 0 Å². The van der Waals surface area contributed by atoms with Gasteiger partial charge in [-0.25, -0.2) is 4.39 Å². The van der Waals surface area contributed by atoms with Crippen molar-refractivity contribution in [3.8, 4) is 0 Å². The molecule has 0 bridgehead atoms. The Labute approximate surface area is 70.4 Å². The molecule has 0 aliphatic heterocycles. The van der Waals surface area contributed by atoms with Gasteiger partial charge < -0.3 is 0 Å². The molecular weight excluding hydrogens is 157 g/mol. The summed E-state index contributed by atoms with van der Waals surface area (Å²) in [5.41, 5.74) is 0.678. The molecule has 2 nitrogen and oxygen atoms in total. The number of hydrogen-bond donors (Lipinski definition) is 0. The van der Waals surface area contributed by atoms with Crippen LogP contribution >= 0.6 is 0 Å². The van der Waals surface area contributed by atoms with Gasteiger partial charge in [0, 0.05) is 6.20 Å². The van der Waals surface area contributed by atoms with E-state index < -0.39 is 5.82 Å². The Morgan fingerprint density at radius 3 is 2.67 bits per heavy atom. The second-order valence-electron chi connectivity index (χ2n) is 2.91. The smallest absolute Gasteiger partial charge is 0.171 e. The first-order valence-electron chi connectivity index (χ1n) is 3.75. The topological polar surface area (TPSA) is 30.0 Å². The fourth-order valence-corrected chi connectivity index (χ4v) is 0.866. The van der Waals surface area contributed by atoms with Crippen molar-refractivity contribution in [2.45, 2.75) is 19.8 Å². The Morgan fingerprint density at radius 2 is 2.25 bits per heavy atom. The van der Waals surface area contributed by atoms with E-state index in [1.165, 1.54) is 12.3 Å². The highest BCUT2D eigenvalue weighted by Gasteiger charge is 2.05. The quantitative estimate of drug-likeness (QED) is 0.632. The lowest BCUT2D eigenvalue weighted by Gasteiger charge is -2.04. The number of aromatic nitrogens is 1. The van der Waals surface area contributed by atoms with Crippen LogP contribution in [0.2, 0.25) is 0 Å². The van der Waals surface area contributed by atoms with Crippen molar-refractivity contribution in [2.75, 3.05) is 0 Å². The summed E-state index contributed by atoms with van der Waals surface area (Å²) in [6, 6.07) is 1.35. The Balaban J connectivity index is 3.10. The zero-order valence-electron chi connectivity index (χ0n) is 7.04. The molecule has 0 unspecified atom stereocenters. The van der Waals surface area contributed by atoms with E-state index >= 15 is 0 Å². The average Bonchev–Trinajstić information content (AvgIpc) is 2.04. The van der Waals surface area contributed by atoms with Crippen LogP contribution in [-0.4, -0.2) is 11.3 Å². The van der Waals surface area contributed by atoms with Crippen LogP contribution in [0.4, 0.5) is 4.39 Å². The molecule has 64 valence electrons. The first-order chi connectivity index (χ1) is 5.65. The lowest BCUT2D eigenvalue weighted by atomic mass is 10.1. The molecule has 0 aromatic carbocycles. The zero-order chi connectivity index (χ0) is 9.14. The minimum absolute atomic E-state index is 0.126. The van der Waals surface area contributed by atoms with Crippen LogP contribution < -0.4 is 0 Å². The second-order valence-corrected chi connectivity index (χ2v) is 2.91. The second kappa shape index (κ2) is 3.43. The van der Waals surface area contributed by atoms with Crippen molar-refractivity contribution in [1.82, 2.24) is 4.98 Å². The molecule has 0 saturated heterocycles. The molecule has 0 spiro atoms. The largest absolute Gasteiger partial charge is 0.296 e. The first kappa shape index (κ1) is 8.84. The number of nitrogens with zero attached hydrogens (tertiary/aromatic N) is 1. The highest BCUT2D eigenvalue weighted by molar-refractivity contribution is 5.71. The third kappa shape index (κ3) is 1.67. The Morgan fingerprint density at radius 1 is 1.58 bits per heavy atom. The molecule has 0 radical (unpaired) electrons. The van der Waals surface area contributed by atoms with E-state index in [9.17, 15) is 9.18 Å². The average molecular weight is 167 g/mol. The maximum absolute atomic E-state index is 12.9. The minimum Gasteiger partial charge on any atom is -0.296 e. The molecule has 1 aromatic rings. The molecule has 0 atom stereocenters. The first-order valence-corrected chi connectivity index (χ1v) is 3.75. The van der Waals surface area contributed by atoms with Crippen molar-refractivity contribution in [1.29, 1.82) is 0 Å². The van der Waals surface area contributed by atoms with E-state index in [1.54, 1.807) is 0 Å². The Kier molecular flexibility index (Phi) is 2.53. The lowest BCUT2D eigenvalue weighted by molar-refractivity contribution is 0.111. The third-order valence-corrected chi connectivity index (χ3v) is 1.67. The Hall–Kier alpha value is -1.25. The van der Waals surface area contributed by atoms with Gasteiger partial charge in [0.25, 0.3) is 0 Å². The van der Waals surface area contributed by atoms with Gasteiger partial charge in [0.05, 0.1) is 0 Å². The van der Waals surface area contributed by atoms with E-state index in [0.29, 0.717) is 6.29 Å². The summed E-state index contributed by atoms with van der Waals surface area (Å²) in [7, 11) is 0. The summed E-state index contributed by atoms with van der Waals surface area (Å²) in [4.78, 5) is 13.9. The molecular formula is C9H10FNO. The maximum atomic E-state index is 12.9. The maximum Gasteiger partial charge on any atom is 0.171 e. The van der Waals surface area contributed by atoms with E-state index in [2.05, 4.69) is 4.98 Å². The molecule has 1 rings (SSSR count). The number of hydrogen-bond acceptors (Lipinski definition) is 2. The number of halogens is 1. The van der Waals surface area contributed by atoms with Crippen molar-refractivity contribution >= 4 is 6.29 Å². The van der Waals surface area contributed by atoms with Crippen molar-refractivity contribution in [3.63, 3.8) is 0 Å². The van der Waals surface area contributed by atoms with E-state index in [0.717, 1.165) is 5.56 Å². The van der Waals surface area contributed by atoms with E-state index in [-0.39, 0.29) is 11.6 Å². The molecule has 1 heterocycles.